The predicted molar refractivity (Wildman–Crippen MR) is 302 cm³/mol. The summed E-state index contributed by atoms with van der Waals surface area (Å²) in [5, 5.41) is 0. The van der Waals surface area contributed by atoms with Crippen LogP contribution in [0.5, 0.6) is 0 Å². The lowest BCUT2D eigenvalue weighted by atomic mass is 10.1. The molecule has 0 aromatic heterocycles. The van der Waals surface area contributed by atoms with Crippen LogP contribution < -0.4 is 0 Å². The Morgan fingerprint density at radius 3 is 0.914 bits per heavy atom. The second-order valence-corrected chi connectivity index (χ2v) is 18.8. The van der Waals surface area contributed by atoms with Gasteiger partial charge in [-0.2, -0.15) is 0 Å². The van der Waals surface area contributed by atoms with Gasteiger partial charge >= 0.3 is 17.9 Å². The Balaban J connectivity index is 4.46. The van der Waals surface area contributed by atoms with Gasteiger partial charge in [-0.15, -0.1) is 0 Å². The molecule has 0 aliphatic heterocycles. The van der Waals surface area contributed by atoms with Gasteiger partial charge in [-0.1, -0.05) is 226 Å². The van der Waals surface area contributed by atoms with Crippen LogP contribution in [0.15, 0.2) is 109 Å². The highest BCUT2D eigenvalue weighted by molar-refractivity contribution is 5.71. The average Bonchev–Trinajstić information content (AvgIpc) is 3.36. The Hall–Kier alpha value is -3.93. The SMILES string of the molecule is CC/C=C\C/C=C\C/C=C\C/C=C\CCCCCCC(=O)OC(COC(=O)CCCCCCC/C=C\C/C=C\CCCC)COC(=O)CCCCCCCC/C=C\C/C=C\C/C=C\CCCCCCC. The number of hydrogen-bond acceptors (Lipinski definition) is 6. The van der Waals surface area contributed by atoms with Crippen molar-refractivity contribution in [2.45, 2.75) is 264 Å². The molecule has 0 aromatic rings. The van der Waals surface area contributed by atoms with E-state index in [1.54, 1.807) is 0 Å². The van der Waals surface area contributed by atoms with E-state index in [-0.39, 0.29) is 31.1 Å². The number of rotatable bonds is 51. The monoisotopic (exact) mass is 971 g/mol. The summed E-state index contributed by atoms with van der Waals surface area (Å²) >= 11 is 0. The van der Waals surface area contributed by atoms with Gasteiger partial charge in [0.05, 0.1) is 0 Å². The van der Waals surface area contributed by atoms with Crippen molar-refractivity contribution in [1.82, 2.24) is 0 Å². The number of carbonyl (C=O) groups is 3. The van der Waals surface area contributed by atoms with E-state index in [2.05, 4.69) is 130 Å². The third-order valence-electron chi connectivity index (χ3n) is 12.0. The number of carbonyl (C=O) groups excluding carboxylic acids is 3. The summed E-state index contributed by atoms with van der Waals surface area (Å²) in [6.07, 6.45) is 77.9. The lowest BCUT2D eigenvalue weighted by Crippen LogP contribution is -2.30. The summed E-state index contributed by atoms with van der Waals surface area (Å²) in [5.74, 6) is -0.951. The van der Waals surface area contributed by atoms with Crippen LogP contribution >= 0.6 is 0 Å². The highest BCUT2D eigenvalue weighted by Gasteiger charge is 2.19. The van der Waals surface area contributed by atoms with Crippen LogP contribution in [0.25, 0.3) is 0 Å². The third-order valence-corrected chi connectivity index (χ3v) is 12.0. The molecule has 1 unspecified atom stereocenters. The lowest BCUT2D eigenvalue weighted by Gasteiger charge is -2.18. The molecular weight excluding hydrogens is 865 g/mol. The Morgan fingerprint density at radius 2 is 0.571 bits per heavy atom. The molecule has 0 rings (SSSR count). The Bertz CT molecular complexity index is 1440. The minimum absolute atomic E-state index is 0.101. The van der Waals surface area contributed by atoms with Crippen LogP contribution in [-0.2, 0) is 28.6 Å². The van der Waals surface area contributed by atoms with Crippen molar-refractivity contribution in [3.8, 4) is 0 Å². The van der Waals surface area contributed by atoms with Crippen LogP contribution in [0.3, 0.4) is 0 Å². The zero-order valence-electron chi connectivity index (χ0n) is 45.5. The first-order chi connectivity index (χ1) is 34.5. The van der Waals surface area contributed by atoms with E-state index in [1.165, 1.54) is 70.6 Å². The highest BCUT2D eigenvalue weighted by Crippen LogP contribution is 2.14. The minimum atomic E-state index is -0.805. The van der Waals surface area contributed by atoms with Gasteiger partial charge in [0.15, 0.2) is 6.10 Å². The molecule has 0 spiro atoms. The first-order valence-corrected chi connectivity index (χ1v) is 28.9. The molecule has 0 N–H and O–H groups in total. The van der Waals surface area contributed by atoms with Crippen molar-refractivity contribution in [1.29, 1.82) is 0 Å². The Labute approximate surface area is 431 Å². The zero-order valence-corrected chi connectivity index (χ0v) is 45.5. The quantitative estimate of drug-likeness (QED) is 0.0262. The number of esters is 3. The zero-order chi connectivity index (χ0) is 50.7. The van der Waals surface area contributed by atoms with Gasteiger partial charge in [0.2, 0.25) is 0 Å². The summed E-state index contributed by atoms with van der Waals surface area (Å²) in [6, 6.07) is 0. The standard InChI is InChI=1S/C64H106O6/c1-4-7-10-13-16-19-22-25-28-30-31-32-33-35-36-39-42-45-48-51-54-57-63(66)69-60-61(59-68-62(65)56-53-50-47-44-41-38-27-24-21-18-15-12-9-6-3)70-64(67)58-55-52-49-46-43-40-37-34-29-26-23-20-17-14-11-8-5-2/h8,11,15,17-18,20,22,24-27,29-31,33,35,37,40,61H,4-7,9-10,12-14,16,19,21,23,28,32,34,36,38-39,41-60H2,1-3H3/b11-8-,18-15-,20-17-,25-22-,27-24-,29-26-,31-30-,35-33-,40-37-. The van der Waals surface area contributed by atoms with Crippen molar-refractivity contribution < 1.29 is 28.6 Å². The second kappa shape index (κ2) is 57.6. The van der Waals surface area contributed by atoms with E-state index in [0.717, 1.165) is 148 Å². The van der Waals surface area contributed by atoms with E-state index < -0.39 is 6.10 Å². The largest absolute Gasteiger partial charge is 0.462 e. The fourth-order valence-corrected chi connectivity index (χ4v) is 7.63. The van der Waals surface area contributed by atoms with Crippen molar-refractivity contribution in [2.24, 2.45) is 0 Å². The van der Waals surface area contributed by atoms with E-state index in [4.69, 9.17) is 14.2 Å². The number of hydrogen-bond donors (Lipinski definition) is 0. The predicted octanol–water partition coefficient (Wildman–Crippen LogP) is 19.5. The van der Waals surface area contributed by atoms with Crippen LogP contribution in [0.1, 0.15) is 258 Å². The van der Waals surface area contributed by atoms with E-state index >= 15 is 0 Å². The smallest absolute Gasteiger partial charge is 0.306 e. The molecule has 6 nitrogen and oxygen atoms in total. The first kappa shape index (κ1) is 66.1. The number of allylic oxidation sites excluding steroid dienone is 18. The fourth-order valence-electron chi connectivity index (χ4n) is 7.63. The molecule has 0 radical (unpaired) electrons. The molecule has 0 fully saturated rings. The fraction of sp³-hybridized carbons (Fsp3) is 0.672. The van der Waals surface area contributed by atoms with Crippen LogP contribution in [-0.4, -0.2) is 37.2 Å². The number of unbranched alkanes of at least 4 members (excludes halogenated alkanes) is 22. The van der Waals surface area contributed by atoms with Crippen molar-refractivity contribution in [2.75, 3.05) is 13.2 Å². The Morgan fingerprint density at radius 1 is 0.300 bits per heavy atom. The van der Waals surface area contributed by atoms with Crippen LogP contribution in [0.4, 0.5) is 0 Å². The molecule has 0 heterocycles. The molecule has 398 valence electrons. The van der Waals surface area contributed by atoms with Gasteiger partial charge < -0.3 is 14.2 Å². The molecule has 0 aliphatic rings. The van der Waals surface area contributed by atoms with Gasteiger partial charge in [0.25, 0.3) is 0 Å². The van der Waals surface area contributed by atoms with Crippen molar-refractivity contribution in [3.63, 3.8) is 0 Å². The molecule has 0 amide bonds. The summed E-state index contributed by atoms with van der Waals surface area (Å²) in [7, 11) is 0. The normalized spacial score (nSPS) is 12.9. The van der Waals surface area contributed by atoms with Gasteiger partial charge in [-0.3, -0.25) is 14.4 Å². The molecule has 0 saturated heterocycles. The average molecular weight is 972 g/mol. The molecule has 70 heavy (non-hydrogen) atoms. The van der Waals surface area contributed by atoms with E-state index in [0.29, 0.717) is 19.3 Å². The first-order valence-electron chi connectivity index (χ1n) is 28.9. The Kier molecular flexibility index (Phi) is 54.4. The maximum absolute atomic E-state index is 12.9. The molecule has 0 bridgehead atoms. The van der Waals surface area contributed by atoms with Crippen molar-refractivity contribution >= 4 is 17.9 Å². The molecule has 0 aromatic carbocycles. The topological polar surface area (TPSA) is 78.9 Å². The van der Waals surface area contributed by atoms with Gasteiger partial charge in [0.1, 0.15) is 13.2 Å². The van der Waals surface area contributed by atoms with Crippen LogP contribution in [0.2, 0.25) is 0 Å². The van der Waals surface area contributed by atoms with Gasteiger partial charge in [0, 0.05) is 19.3 Å². The summed E-state index contributed by atoms with van der Waals surface area (Å²) in [5.41, 5.74) is 0. The maximum Gasteiger partial charge on any atom is 0.306 e. The lowest BCUT2D eigenvalue weighted by molar-refractivity contribution is -0.167. The molecule has 1 atom stereocenters. The van der Waals surface area contributed by atoms with Gasteiger partial charge in [-0.25, -0.2) is 0 Å². The van der Waals surface area contributed by atoms with E-state index in [9.17, 15) is 14.4 Å². The highest BCUT2D eigenvalue weighted by atomic mass is 16.6. The summed E-state index contributed by atoms with van der Waals surface area (Å²) in [6.45, 7) is 6.43. The summed E-state index contributed by atoms with van der Waals surface area (Å²) in [4.78, 5) is 38.2. The second-order valence-electron chi connectivity index (χ2n) is 18.8. The number of ether oxygens (including phenoxy) is 3. The minimum Gasteiger partial charge on any atom is -0.462 e. The van der Waals surface area contributed by atoms with Crippen LogP contribution in [0, 0.1) is 0 Å². The van der Waals surface area contributed by atoms with Crippen molar-refractivity contribution in [3.05, 3.63) is 109 Å². The maximum atomic E-state index is 12.9. The molecule has 0 saturated carbocycles. The summed E-state index contributed by atoms with van der Waals surface area (Å²) < 4.78 is 16.8. The van der Waals surface area contributed by atoms with E-state index in [1.807, 2.05) is 0 Å². The third kappa shape index (κ3) is 55.0. The molecule has 0 aliphatic carbocycles. The molecular formula is C64H106O6. The molecule has 6 heteroatoms. The van der Waals surface area contributed by atoms with Gasteiger partial charge in [-0.05, 0) is 122 Å².